The van der Waals surface area contributed by atoms with E-state index in [0.29, 0.717) is 24.1 Å². The number of imide groups is 1. The fraction of sp³-hybridized carbons (Fsp3) is 0.222. The van der Waals surface area contributed by atoms with Gasteiger partial charge in [-0.1, -0.05) is 49.4 Å². The van der Waals surface area contributed by atoms with Crippen molar-refractivity contribution in [3.63, 3.8) is 0 Å². The molecule has 160 valence electrons. The second kappa shape index (κ2) is 7.75. The third-order valence-electron chi connectivity index (χ3n) is 6.18. The van der Waals surface area contributed by atoms with E-state index >= 15 is 0 Å². The molecule has 0 radical (unpaired) electrons. The normalized spacial score (nSPS) is 13.3. The number of fused-ring (bicyclic) bond motifs is 2. The van der Waals surface area contributed by atoms with Crippen molar-refractivity contribution in [2.75, 3.05) is 6.54 Å². The highest BCUT2D eigenvalue weighted by Crippen LogP contribution is 2.28. The number of pyridine rings is 1. The maximum absolute atomic E-state index is 12.6. The first-order valence-electron chi connectivity index (χ1n) is 11.0. The van der Waals surface area contributed by atoms with Crippen LogP contribution in [0.5, 0.6) is 0 Å². The molecule has 1 aliphatic rings. The van der Waals surface area contributed by atoms with Crippen molar-refractivity contribution in [2.24, 2.45) is 0 Å². The Kier molecular flexibility index (Phi) is 4.89. The number of rotatable bonds is 5. The summed E-state index contributed by atoms with van der Waals surface area (Å²) >= 11 is 0. The third-order valence-corrected chi connectivity index (χ3v) is 6.18. The first-order valence-corrected chi connectivity index (χ1v) is 11.0. The number of nitrogens with zero attached hydrogens (tertiary/aromatic N) is 3. The van der Waals surface area contributed by atoms with Gasteiger partial charge in [-0.3, -0.25) is 18.9 Å². The number of hydrogen-bond acceptors (Lipinski definition) is 3. The number of carbonyl (C=O) groups excluding carboxylic acids is 2. The number of imidazole rings is 1. The lowest BCUT2D eigenvalue weighted by Gasteiger charge is -2.14. The summed E-state index contributed by atoms with van der Waals surface area (Å²) in [5, 5.41) is 0. The number of amides is 2. The van der Waals surface area contributed by atoms with E-state index in [1.807, 2.05) is 0 Å². The van der Waals surface area contributed by atoms with E-state index in [1.54, 1.807) is 24.3 Å². The van der Waals surface area contributed by atoms with Gasteiger partial charge in [-0.05, 0) is 55.5 Å². The van der Waals surface area contributed by atoms with Crippen molar-refractivity contribution < 1.29 is 9.59 Å². The minimum absolute atomic E-state index is 0.203. The van der Waals surface area contributed by atoms with Crippen molar-refractivity contribution >= 4 is 17.5 Å². The minimum Gasteiger partial charge on any atom is -0.299 e. The average molecular weight is 424 g/mol. The van der Waals surface area contributed by atoms with Crippen LogP contribution in [0.25, 0.3) is 16.9 Å². The van der Waals surface area contributed by atoms with Crippen LogP contribution in [0.2, 0.25) is 0 Å². The van der Waals surface area contributed by atoms with Crippen LogP contribution >= 0.6 is 0 Å². The highest BCUT2D eigenvalue weighted by atomic mass is 16.2. The van der Waals surface area contributed by atoms with Crippen molar-refractivity contribution in [3.05, 3.63) is 94.3 Å². The third kappa shape index (κ3) is 3.21. The Morgan fingerprint density at radius 3 is 2.19 bits per heavy atom. The van der Waals surface area contributed by atoms with Crippen LogP contribution in [0, 0.1) is 13.8 Å². The van der Waals surface area contributed by atoms with Crippen molar-refractivity contribution in [1.82, 2.24) is 14.3 Å². The van der Waals surface area contributed by atoms with E-state index in [0.717, 1.165) is 34.6 Å². The van der Waals surface area contributed by atoms with Crippen molar-refractivity contribution in [2.45, 2.75) is 33.6 Å². The zero-order valence-electron chi connectivity index (χ0n) is 18.6. The molecule has 0 spiro atoms. The quantitative estimate of drug-likeness (QED) is 0.424. The molecule has 0 saturated heterocycles. The number of carbonyl (C=O) groups is 2. The molecule has 5 nitrogen and oxygen atoms in total. The summed E-state index contributed by atoms with van der Waals surface area (Å²) in [4.78, 5) is 31.4. The topological polar surface area (TPSA) is 54.7 Å². The Balaban J connectivity index is 1.39. The number of hydrogen-bond donors (Lipinski definition) is 0. The van der Waals surface area contributed by atoms with Gasteiger partial charge in [0.05, 0.1) is 22.5 Å². The molecule has 5 heteroatoms. The molecule has 0 saturated carbocycles. The molecule has 3 heterocycles. The lowest BCUT2D eigenvalue weighted by Crippen LogP contribution is -2.31. The van der Waals surface area contributed by atoms with Gasteiger partial charge >= 0.3 is 0 Å². The second-order valence-electron chi connectivity index (χ2n) is 8.41. The molecule has 0 unspecified atom stereocenters. The van der Waals surface area contributed by atoms with E-state index in [1.165, 1.54) is 16.0 Å². The highest BCUT2D eigenvalue weighted by molar-refractivity contribution is 6.21. The molecule has 32 heavy (non-hydrogen) atoms. The molecule has 0 N–H and O–H groups in total. The maximum Gasteiger partial charge on any atom is 0.261 e. The second-order valence-corrected chi connectivity index (χ2v) is 8.41. The SMILES string of the molecule is CCc1nc2c(C)cc(C)cn2c1-c1ccc(CCN2C(=O)c3ccccc3C2=O)cc1. The Bertz CT molecular complexity index is 1330. The van der Waals surface area contributed by atoms with Crippen LogP contribution in [0.15, 0.2) is 60.8 Å². The fourth-order valence-electron chi connectivity index (χ4n) is 4.60. The molecule has 0 aliphatic carbocycles. The van der Waals surface area contributed by atoms with Gasteiger partial charge in [0, 0.05) is 18.3 Å². The van der Waals surface area contributed by atoms with Crippen molar-refractivity contribution in [3.8, 4) is 11.3 Å². The molecular formula is C27H25N3O2. The average Bonchev–Trinajstić information content (AvgIpc) is 3.28. The summed E-state index contributed by atoms with van der Waals surface area (Å²) in [7, 11) is 0. The Hall–Kier alpha value is -3.73. The van der Waals surface area contributed by atoms with Gasteiger partial charge in [0.1, 0.15) is 5.65 Å². The summed E-state index contributed by atoms with van der Waals surface area (Å²) in [6.07, 6.45) is 3.62. The molecule has 1 aliphatic heterocycles. The van der Waals surface area contributed by atoms with Gasteiger partial charge < -0.3 is 0 Å². The van der Waals surface area contributed by atoms with Gasteiger partial charge in [-0.25, -0.2) is 4.98 Å². The zero-order chi connectivity index (χ0) is 22.4. The first-order chi connectivity index (χ1) is 15.5. The van der Waals surface area contributed by atoms with E-state index < -0.39 is 0 Å². The van der Waals surface area contributed by atoms with Gasteiger partial charge in [0.2, 0.25) is 0 Å². The lowest BCUT2D eigenvalue weighted by molar-refractivity contribution is 0.0656. The van der Waals surface area contributed by atoms with Crippen molar-refractivity contribution in [1.29, 1.82) is 0 Å². The number of aryl methyl sites for hydroxylation is 3. The predicted octanol–water partition coefficient (Wildman–Crippen LogP) is 5.02. The fourth-order valence-corrected chi connectivity index (χ4v) is 4.60. The summed E-state index contributed by atoms with van der Waals surface area (Å²) in [5.41, 5.74) is 8.78. The van der Waals surface area contributed by atoms with Crippen LogP contribution < -0.4 is 0 Å². The summed E-state index contributed by atoms with van der Waals surface area (Å²) in [6.45, 7) is 6.70. The van der Waals surface area contributed by atoms with Crippen LogP contribution in [0.3, 0.4) is 0 Å². The van der Waals surface area contributed by atoms with E-state index in [2.05, 4.69) is 61.7 Å². The van der Waals surface area contributed by atoms with E-state index in [-0.39, 0.29) is 11.8 Å². The lowest BCUT2D eigenvalue weighted by atomic mass is 10.0. The molecule has 0 atom stereocenters. The van der Waals surface area contributed by atoms with Crippen LogP contribution in [-0.2, 0) is 12.8 Å². The van der Waals surface area contributed by atoms with E-state index in [4.69, 9.17) is 4.98 Å². The van der Waals surface area contributed by atoms with Crippen LogP contribution in [-0.4, -0.2) is 32.6 Å². The van der Waals surface area contributed by atoms with Crippen LogP contribution in [0.4, 0.5) is 0 Å². The summed E-state index contributed by atoms with van der Waals surface area (Å²) in [5.74, 6) is -0.405. The monoisotopic (exact) mass is 423 g/mol. The molecule has 2 aromatic carbocycles. The van der Waals surface area contributed by atoms with Gasteiger partial charge in [0.25, 0.3) is 11.8 Å². The number of aromatic nitrogens is 2. The standard InChI is InChI=1S/C27H25N3O2/c1-4-23-24(30-16-17(2)15-18(3)25(30)28-23)20-11-9-19(10-12-20)13-14-29-26(31)21-7-5-6-8-22(21)27(29)32/h5-12,15-16H,4,13-14H2,1-3H3. The highest BCUT2D eigenvalue weighted by Gasteiger charge is 2.34. The summed E-state index contributed by atoms with van der Waals surface area (Å²) < 4.78 is 2.19. The molecular weight excluding hydrogens is 398 g/mol. The van der Waals surface area contributed by atoms with Gasteiger partial charge in [0.15, 0.2) is 0 Å². The Labute approximate surface area is 187 Å². The Morgan fingerprint density at radius 2 is 1.56 bits per heavy atom. The van der Waals surface area contributed by atoms with Crippen LogP contribution in [0.1, 0.15) is 50.0 Å². The van der Waals surface area contributed by atoms with Gasteiger partial charge in [-0.15, -0.1) is 0 Å². The largest absolute Gasteiger partial charge is 0.299 e. The predicted molar refractivity (Wildman–Crippen MR) is 125 cm³/mol. The molecule has 5 rings (SSSR count). The first kappa shape index (κ1) is 20.2. The number of benzene rings is 2. The minimum atomic E-state index is -0.203. The molecule has 0 fully saturated rings. The maximum atomic E-state index is 12.6. The zero-order valence-corrected chi connectivity index (χ0v) is 18.6. The Morgan fingerprint density at radius 1 is 0.906 bits per heavy atom. The van der Waals surface area contributed by atoms with Gasteiger partial charge in [-0.2, -0.15) is 0 Å². The molecule has 0 bridgehead atoms. The smallest absolute Gasteiger partial charge is 0.261 e. The van der Waals surface area contributed by atoms with E-state index in [9.17, 15) is 9.59 Å². The molecule has 2 amide bonds. The summed E-state index contributed by atoms with van der Waals surface area (Å²) in [6, 6.07) is 17.6. The molecule has 2 aromatic heterocycles. The molecule has 4 aromatic rings.